The number of carbonyl (C=O) groups excluding carboxylic acids is 1. The lowest BCUT2D eigenvalue weighted by Gasteiger charge is -1.99. The number of carboxylic acid groups (broad SMARTS) is 1. The molecule has 0 saturated carbocycles. The van der Waals surface area contributed by atoms with Gasteiger partial charge in [0.05, 0.1) is 5.69 Å². The van der Waals surface area contributed by atoms with E-state index >= 15 is 0 Å². The number of nitrogens with one attached hydrogen (secondary N) is 1. The Morgan fingerprint density at radius 1 is 1.57 bits per heavy atom. The van der Waals surface area contributed by atoms with Crippen LogP contribution in [0.25, 0.3) is 0 Å². The highest BCUT2D eigenvalue weighted by Crippen LogP contribution is 2.10. The second-order valence-corrected chi connectivity index (χ2v) is 3.23. The van der Waals surface area contributed by atoms with Gasteiger partial charge in [-0.3, -0.25) is 9.59 Å². The monoisotopic (exact) mass is 215 g/mol. The Labute approximate surface area is 84.1 Å². The molecule has 1 amide bonds. The Morgan fingerprint density at radius 3 is 2.86 bits per heavy atom. The SMILES string of the molecule is CCc1nnsc1C(=O)NCC(=O)O. The van der Waals surface area contributed by atoms with Gasteiger partial charge in [0.1, 0.15) is 11.4 Å². The van der Waals surface area contributed by atoms with Gasteiger partial charge >= 0.3 is 5.97 Å². The average Bonchev–Trinajstić information content (AvgIpc) is 2.61. The Bertz CT molecular complexity index is 350. The molecule has 0 aliphatic heterocycles. The Morgan fingerprint density at radius 2 is 2.29 bits per heavy atom. The van der Waals surface area contributed by atoms with Crippen molar-refractivity contribution in [3.8, 4) is 0 Å². The number of aryl methyl sites for hydroxylation is 1. The van der Waals surface area contributed by atoms with Crippen LogP contribution in [0.3, 0.4) is 0 Å². The first-order valence-electron chi connectivity index (χ1n) is 3.96. The summed E-state index contributed by atoms with van der Waals surface area (Å²) in [5.41, 5.74) is 0.595. The molecule has 1 aromatic rings. The summed E-state index contributed by atoms with van der Waals surface area (Å²) in [5, 5.41) is 14.3. The zero-order chi connectivity index (χ0) is 10.6. The molecule has 0 aromatic carbocycles. The van der Waals surface area contributed by atoms with Crippen LogP contribution in [0, 0.1) is 0 Å². The van der Waals surface area contributed by atoms with E-state index < -0.39 is 11.9 Å². The van der Waals surface area contributed by atoms with Gasteiger partial charge in [-0.1, -0.05) is 11.4 Å². The van der Waals surface area contributed by atoms with E-state index in [-0.39, 0.29) is 6.54 Å². The highest BCUT2D eigenvalue weighted by Gasteiger charge is 2.14. The van der Waals surface area contributed by atoms with Gasteiger partial charge in [-0.15, -0.1) is 5.10 Å². The summed E-state index contributed by atoms with van der Waals surface area (Å²) in [6.45, 7) is 1.46. The summed E-state index contributed by atoms with van der Waals surface area (Å²) in [6.07, 6.45) is 0.603. The fourth-order valence-electron chi connectivity index (χ4n) is 0.849. The summed E-state index contributed by atoms with van der Waals surface area (Å²) in [7, 11) is 0. The molecule has 76 valence electrons. The predicted octanol–water partition coefficient (Wildman–Crippen LogP) is -0.0851. The van der Waals surface area contributed by atoms with Gasteiger partial charge in [0.2, 0.25) is 0 Å². The number of carboxylic acids is 1. The fourth-order valence-corrected chi connectivity index (χ4v) is 1.52. The Balaban J connectivity index is 2.64. The first kappa shape index (κ1) is 10.6. The molecule has 0 unspecified atom stereocenters. The second-order valence-electron chi connectivity index (χ2n) is 2.48. The first-order chi connectivity index (χ1) is 6.65. The molecule has 14 heavy (non-hydrogen) atoms. The Kier molecular flexibility index (Phi) is 3.52. The lowest BCUT2D eigenvalue weighted by atomic mass is 10.3. The summed E-state index contributed by atoms with van der Waals surface area (Å²) >= 11 is 0.968. The normalized spacial score (nSPS) is 9.79. The van der Waals surface area contributed by atoms with Gasteiger partial charge in [-0.05, 0) is 18.0 Å². The van der Waals surface area contributed by atoms with Crippen molar-refractivity contribution < 1.29 is 14.7 Å². The van der Waals surface area contributed by atoms with Crippen molar-refractivity contribution in [1.82, 2.24) is 14.9 Å². The summed E-state index contributed by atoms with van der Waals surface area (Å²) in [6, 6.07) is 0. The summed E-state index contributed by atoms with van der Waals surface area (Å²) in [5.74, 6) is -1.51. The lowest BCUT2D eigenvalue weighted by Crippen LogP contribution is -2.29. The van der Waals surface area contributed by atoms with Crippen molar-refractivity contribution in [2.75, 3.05) is 6.54 Å². The van der Waals surface area contributed by atoms with Crippen LogP contribution in [0.4, 0.5) is 0 Å². The lowest BCUT2D eigenvalue weighted by molar-refractivity contribution is -0.135. The molecule has 0 bridgehead atoms. The molecule has 0 spiro atoms. The number of aliphatic carboxylic acids is 1. The highest BCUT2D eigenvalue weighted by molar-refractivity contribution is 7.08. The van der Waals surface area contributed by atoms with Gasteiger partial charge in [-0.25, -0.2) is 0 Å². The van der Waals surface area contributed by atoms with E-state index in [1.165, 1.54) is 0 Å². The third kappa shape index (κ3) is 2.49. The minimum Gasteiger partial charge on any atom is -0.480 e. The second kappa shape index (κ2) is 4.66. The minimum atomic E-state index is -1.08. The number of amides is 1. The van der Waals surface area contributed by atoms with Crippen LogP contribution in [0.5, 0.6) is 0 Å². The molecular formula is C7H9N3O3S. The quantitative estimate of drug-likeness (QED) is 0.732. The molecule has 0 saturated heterocycles. The van der Waals surface area contributed by atoms with Gasteiger partial charge in [0.15, 0.2) is 0 Å². The van der Waals surface area contributed by atoms with Crippen molar-refractivity contribution in [2.24, 2.45) is 0 Å². The minimum absolute atomic E-state index is 0.383. The van der Waals surface area contributed by atoms with Crippen molar-refractivity contribution in [3.05, 3.63) is 10.6 Å². The third-order valence-electron chi connectivity index (χ3n) is 1.50. The molecule has 0 fully saturated rings. The van der Waals surface area contributed by atoms with Crippen LogP contribution in [0.1, 0.15) is 22.3 Å². The van der Waals surface area contributed by atoms with Crippen LogP contribution >= 0.6 is 11.5 Å². The number of carbonyl (C=O) groups is 2. The van der Waals surface area contributed by atoms with Crippen LogP contribution in [-0.2, 0) is 11.2 Å². The zero-order valence-corrected chi connectivity index (χ0v) is 8.30. The molecule has 1 aromatic heterocycles. The topological polar surface area (TPSA) is 92.2 Å². The van der Waals surface area contributed by atoms with E-state index in [1.807, 2.05) is 6.92 Å². The molecule has 1 heterocycles. The summed E-state index contributed by atoms with van der Waals surface area (Å²) < 4.78 is 3.62. The van der Waals surface area contributed by atoms with Crippen molar-refractivity contribution >= 4 is 23.4 Å². The van der Waals surface area contributed by atoms with E-state index in [9.17, 15) is 9.59 Å². The van der Waals surface area contributed by atoms with E-state index in [0.29, 0.717) is 17.0 Å². The highest BCUT2D eigenvalue weighted by atomic mass is 32.1. The molecule has 0 aliphatic rings. The predicted molar refractivity (Wildman–Crippen MR) is 49.3 cm³/mol. The van der Waals surface area contributed by atoms with E-state index in [0.717, 1.165) is 11.5 Å². The van der Waals surface area contributed by atoms with Gasteiger partial charge in [-0.2, -0.15) is 0 Å². The maximum Gasteiger partial charge on any atom is 0.322 e. The van der Waals surface area contributed by atoms with Crippen LogP contribution in [0.15, 0.2) is 0 Å². The molecule has 2 N–H and O–H groups in total. The van der Waals surface area contributed by atoms with Crippen LogP contribution in [0.2, 0.25) is 0 Å². The third-order valence-corrected chi connectivity index (χ3v) is 2.26. The van der Waals surface area contributed by atoms with Gasteiger partial charge in [0, 0.05) is 0 Å². The molecule has 6 nitrogen and oxygen atoms in total. The first-order valence-corrected chi connectivity index (χ1v) is 4.73. The van der Waals surface area contributed by atoms with E-state index in [2.05, 4.69) is 14.9 Å². The van der Waals surface area contributed by atoms with Gasteiger partial charge in [0.25, 0.3) is 5.91 Å². The molecule has 0 radical (unpaired) electrons. The van der Waals surface area contributed by atoms with Crippen molar-refractivity contribution in [3.63, 3.8) is 0 Å². The van der Waals surface area contributed by atoms with E-state index in [4.69, 9.17) is 5.11 Å². The number of hydrogen-bond donors (Lipinski definition) is 2. The van der Waals surface area contributed by atoms with Crippen LogP contribution < -0.4 is 5.32 Å². The Hall–Kier alpha value is -1.50. The largest absolute Gasteiger partial charge is 0.480 e. The standard InChI is InChI=1S/C7H9N3O3S/c1-2-4-6(14-10-9-4)7(13)8-3-5(11)12/h2-3H2,1H3,(H,8,13)(H,11,12). The molecule has 0 atom stereocenters. The molecule has 1 rings (SSSR count). The maximum atomic E-state index is 11.3. The van der Waals surface area contributed by atoms with Crippen LogP contribution in [-0.4, -0.2) is 33.1 Å². The maximum absolute atomic E-state index is 11.3. The van der Waals surface area contributed by atoms with Gasteiger partial charge < -0.3 is 10.4 Å². The zero-order valence-electron chi connectivity index (χ0n) is 7.48. The number of hydrogen-bond acceptors (Lipinski definition) is 5. The number of aromatic nitrogens is 2. The molecule has 0 aliphatic carbocycles. The summed E-state index contributed by atoms with van der Waals surface area (Å²) in [4.78, 5) is 21.9. The molecule has 7 heteroatoms. The van der Waals surface area contributed by atoms with Crippen molar-refractivity contribution in [1.29, 1.82) is 0 Å². The number of rotatable bonds is 4. The van der Waals surface area contributed by atoms with Crippen molar-refractivity contribution in [2.45, 2.75) is 13.3 Å². The smallest absolute Gasteiger partial charge is 0.322 e. The molecular weight excluding hydrogens is 206 g/mol. The van der Waals surface area contributed by atoms with E-state index in [1.54, 1.807) is 0 Å². The number of nitrogens with zero attached hydrogens (tertiary/aromatic N) is 2. The fraction of sp³-hybridized carbons (Fsp3) is 0.429. The average molecular weight is 215 g/mol.